The maximum atomic E-state index is 10.5. The minimum Gasteiger partial charge on any atom is -0.479 e. The van der Waals surface area contributed by atoms with Crippen LogP contribution in [0.2, 0.25) is 0 Å². The van der Waals surface area contributed by atoms with Crippen molar-refractivity contribution in [3.05, 3.63) is 0 Å². The molecule has 12 heteroatoms. The van der Waals surface area contributed by atoms with Gasteiger partial charge >= 0.3 is 11.9 Å². The molecular weight excluding hydrogens is 360 g/mol. The lowest BCUT2D eigenvalue weighted by Crippen LogP contribution is -2.56. The second-order valence-corrected chi connectivity index (χ2v) is 6.74. The van der Waals surface area contributed by atoms with Crippen LogP contribution in [-0.4, -0.2) is 111 Å². The van der Waals surface area contributed by atoms with Gasteiger partial charge < -0.3 is 51.1 Å². The molecule has 0 bridgehead atoms. The van der Waals surface area contributed by atoms with E-state index in [1.165, 1.54) is 0 Å². The molecule has 2 fully saturated rings. The number of hydrogen-bond donors (Lipinski definition) is 10. The molecule has 0 spiro atoms. The first-order valence-electron chi connectivity index (χ1n) is 7.73. The van der Waals surface area contributed by atoms with Crippen LogP contribution in [0.1, 0.15) is 25.7 Å². The number of aliphatic hydroxyl groups is 8. The van der Waals surface area contributed by atoms with Gasteiger partial charge in [0.05, 0.1) is 24.4 Å². The minimum absolute atomic E-state index is 0.472. The Hall–Kier alpha value is -1.38. The average Bonchev–Trinajstić information content (AvgIpc) is 2.50. The van der Waals surface area contributed by atoms with Crippen LogP contribution in [0.4, 0.5) is 0 Å². The maximum absolute atomic E-state index is 10.5. The summed E-state index contributed by atoms with van der Waals surface area (Å²) in [6, 6.07) is 0. The third-order valence-electron chi connectivity index (χ3n) is 4.56. The van der Waals surface area contributed by atoms with Crippen LogP contribution in [0.3, 0.4) is 0 Å². The standard InChI is InChI=1S/2C7H12O6/c2*8-3-1-7(13,6(11)12)2-4(9)5(3)10/h2*3-5,8-10,13H,1-2H2,(H,11,12)/t2*3-,4-,5?,7?/m11/s1. The second-order valence-electron chi connectivity index (χ2n) is 6.74. The molecule has 0 saturated heterocycles. The monoisotopic (exact) mass is 384 g/mol. The van der Waals surface area contributed by atoms with Crippen LogP contribution >= 0.6 is 0 Å². The molecule has 12 nitrogen and oxygen atoms in total. The molecule has 152 valence electrons. The molecule has 0 aromatic heterocycles. The van der Waals surface area contributed by atoms with Crippen molar-refractivity contribution in [2.45, 2.75) is 73.5 Å². The molecule has 0 unspecified atom stereocenters. The third-order valence-corrected chi connectivity index (χ3v) is 4.56. The Balaban J connectivity index is 0.000000260. The van der Waals surface area contributed by atoms with Gasteiger partial charge in [-0.05, 0) is 0 Å². The molecule has 0 heterocycles. The zero-order chi connectivity index (χ0) is 20.4. The highest BCUT2D eigenvalue weighted by atomic mass is 16.4. The van der Waals surface area contributed by atoms with Gasteiger partial charge in [-0.25, -0.2) is 9.59 Å². The first-order valence-corrected chi connectivity index (χ1v) is 7.73. The molecule has 2 saturated carbocycles. The second kappa shape index (κ2) is 8.10. The zero-order valence-corrected chi connectivity index (χ0v) is 13.6. The van der Waals surface area contributed by atoms with Gasteiger partial charge in [-0.1, -0.05) is 0 Å². The summed E-state index contributed by atoms with van der Waals surface area (Å²) in [7, 11) is 0. The molecule has 0 amide bonds. The molecule has 0 aliphatic heterocycles. The van der Waals surface area contributed by atoms with Gasteiger partial charge in [0.15, 0.2) is 11.2 Å². The van der Waals surface area contributed by atoms with Crippen molar-refractivity contribution in [1.82, 2.24) is 0 Å². The fourth-order valence-corrected chi connectivity index (χ4v) is 2.90. The fourth-order valence-electron chi connectivity index (χ4n) is 2.90. The Labute approximate surface area is 147 Å². The van der Waals surface area contributed by atoms with Gasteiger partial charge in [0, 0.05) is 25.7 Å². The van der Waals surface area contributed by atoms with Crippen molar-refractivity contribution in [2.24, 2.45) is 0 Å². The Morgan fingerprint density at radius 3 is 0.923 bits per heavy atom. The highest BCUT2D eigenvalue weighted by Crippen LogP contribution is 2.30. The number of aliphatic hydroxyl groups excluding tert-OH is 6. The highest BCUT2D eigenvalue weighted by molar-refractivity contribution is 5.77. The average molecular weight is 384 g/mol. The summed E-state index contributed by atoms with van der Waals surface area (Å²) in [6.07, 6.45) is -10.3. The molecule has 0 aromatic carbocycles. The van der Waals surface area contributed by atoms with E-state index < -0.39 is 85.4 Å². The third kappa shape index (κ3) is 4.86. The van der Waals surface area contributed by atoms with Gasteiger partial charge in [-0.3, -0.25) is 0 Å². The largest absolute Gasteiger partial charge is 0.479 e. The van der Waals surface area contributed by atoms with Crippen LogP contribution < -0.4 is 0 Å². The lowest BCUT2D eigenvalue weighted by atomic mass is 9.80. The molecule has 0 aromatic rings. The zero-order valence-electron chi connectivity index (χ0n) is 13.6. The molecule has 4 atom stereocenters. The molecule has 10 N–H and O–H groups in total. The van der Waals surface area contributed by atoms with Crippen LogP contribution in [0.15, 0.2) is 0 Å². The number of carboxylic acid groups (broad SMARTS) is 2. The van der Waals surface area contributed by atoms with Crippen molar-refractivity contribution >= 4 is 11.9 Å². The molecule has 26 heavy (non-hydrogen) atoms. The summed E-state index contributed by atoms with van der Waals surface area (Å²) in [5.74, 6) is -3.00. The Bertz CT molecular complexity index is 452. The van der Waals surface area contributed by atoms with E-state index in [1.54, 1.807) is 0 Å². The summed E-state index contributed by atoms with van der Waals surface area (Å²) in [5, 5.41) is 90.4. The first-order chi connectivity index (χ1) is 11.7. The van der Waals surface area contributed by atoms with Gasteiger partial charge in [0.2, 0.25) is 0 Å². The number of carboxylic acids is 2. The van der Waals surface area contributed by atoms with Crippen molar-refractivity contribution in [1.29, 1.82) is 0 Å². The van der Waals surface area contributed by atoms with Crippen molar-refractivity contribution < 1.29 is 60.7 Å². The van der Waals surface area contributed by atoms with E-state index in [4.69, 9.17) is 40.9 Å². The molecule has 0 radical (unpaired) electrons. The highest BCUT2D eigenvalue weighted by Gasteiger charge is 2.49. The lowest BCUT2D eigenvalue weighted by molar-refractivity contribution is -0.187. The SMILES string of the molecule is O=C(O)C1(O)C[C@@H](O)C(O)[C@H](O)C1.O=C(O)C1(O)C[C@@H](O)C(O)[C@H](O)C1. The van der Waals surface area contributed by atoms with Gasteiger partial charge in [0.25, 0.3) is 0 Å². The Kier molecular flexibility index (Phi) is 7.06. The van der Waals surface area contributed by atoms with E-state index in [-0.39, 0.29) is 0 Å². The van der Waals surface area contributed by atoms with E-state index >= 15 is 0 Å². The van der Waals surface area contributed by atoms with Gasteiger partial charge in [-0.15, -0.1) is 0 Å². The van der Waals surface area contributed by atoms with Crippen molar-refractivity contribution in [3.8, 4) is 0 Å². The topological polar surface area (TPSA) is 236 Å². The van der Waals surface area contributed by atoms with E-state index in [9.17, 15) is 19.8 Å². The summed E-state index contributed by atoms with van der Waals surface area (Å²) in [4.78, 5) is 21.0. The summed E-state index contributed by atoms with van der Waals surface area (Å²) < 4.78 is 0. The minimum atomic E-state index is -2.14. The molecular formula is C14H24O12. The van der Waals surface area contributed by atoms with E-state index in [2.05, 4.69) is 0 Å². The quantitative estimate of drug-likeness (QED) is 0.216. The number of hydrogen-bond acceptors (Lipinski definition) is 10. The molecule has 2 aliphatic carbocycles. The predicted molar refractivity (Wildman–Crippen MR) is 79.7 cm³/mol. The van der Waals surface area contributed by atoms with Crippen LogP contribution in [-0.2, 0) is 9.59 Å². The Morgan fingerprint density at radius 1 is 0.577 bits per heavy atom. The first kappa shape index (κ1) is 22.7. The van der Waals surface area contributed by atoms with Crippen LogP contribution in [0, 0.1) is 0 Å². The lowest BCUT2D eigenvalue weighted by Gasteiger charge is -2.37. The van der Waals surface area contributed by atoms with E-state index in [0.29, 0.717) is 0 Å². The molecule has 2 aliphatic rings. The van der Waals surface area contributed by atoms with E-state index in [0.717, 1.165) is 0 Å². The predicted octanol–water partition coefficient (Wildman–Crippen LogP) is -4.64. The van der Waals surface area contributed by atoms with Crippen molar-refractivity contribution in [2.75, 3.05) is 0 Å². The van der Waals surface area contributed by atoms with E-state index in [1.807, 2.05) is 0 Å². The maximum Gasteiger partial charge on any atom is 0.335 e. The van der Waals surface area contributed by atoms with Crippen LogP contribution in [0.25, 0.3) is 0 Å². The van der Waals surface area contributed by atoms with Gasteiger partial charge in [-0.2, -0.15) is 0 Å². The normalized spacial score (nSPS) is 46.0. The van der Waals surface area contributed by atoms with Crippen LogP contribution in [0.5, 0.6) is 0 Å². The molecule has 2 rings (SSSR count). The summed E-state index contributed by atoms with van der Waals surface area (Å²) >= 11 is 0. The Morgan fingerprint density at radius 2 is 0.769 bits per heavy atom. The smallest absolute Gasteiger partial charge is 0.335 e. The fraction of sp³-hybridized carbons (Fsp3) is 0.857. The number of rotatable bonds is 2. The van der Waals surface area contributed by atoms with Crippen molar-refractivity contribution in [3.63, 3.8) is 0 Å². The summed E-state index contributed by atoms with van der Waals surface area (Å²) in [5.41, 5.74) is -4.28. The van der Waals surface area contributed by atoms with Gasteiger partial charge in [0.1, 0.15) is 12.2 Å². The number of aliphatic carboxylic acids is 2. The number of carbonyl (C=O) groups is 2. The summed E-state index contributed by atoms with van der Waals surface area (Å²) in [6.45, 7) is 0.